The van der Waals surface area contributed by atoms with Gasteiger partial charge in [0.1, 0.15) is 0 Å². The molecule has 1 spiro atoms. The number of piperidine rings is 1. The first-order valence-corrected chi connectivity index (χ1v) is 7.45. The first kappa shape index (κ1) is 13.9. The molecule has 5 nitrogen and oxygen atoms in total. The lowest BCUT2D eigenvalue weighted by Crippen LogP contribution is -2.49. The number of benzene rings is 1. The Morgan fingerprint density at radius 2 is 2.10 bits per heavy atom. The SMILES string of the molecule is O=C(O)c1ccc(N2CCCC3(C2)OCCO3)c(Br)c1. The van der Waals surface area contributed by atoms with Gasteiger partial charge in [0.2, 0.25) is 0 Å². The molecular formula is C14H16BrNO4. The van der Waals surface area contributed by atoms with Crippen LogP contribution in [-0.2, 0) is 9.47 Å². The molecule has 0 bridgehead atoms. The molecule has 1 aromatic rings. The maximum absolute atomic E-state index is 11.0. The maximum atomic E-state index is 11.0. The molecule has 0 atom stereocenters. The highest BCUT2D eigenvalue weighted by atomic mass is 79.9. The molecular weight excluding hydrogens is 326 g/mol. The first-order valence-electron chi connectivity index (χ1n) is 6.65. The lowest BCUT2D eigenvalue weighted by Gasteiger charge is -2.40. The van der Waals surface area contributed by atoms with Gasteiger partial charge in [-0.3, -0.25) is 0 Å². The fourth-order valence-corrected chi connectivity index (χ4v) is 3.45. The number of hydrogen-bond acceptors (Lipinski definition) is 4. The molecule has 0 unspecified atom stereocenters. The quantitative estimate of drug-likeness (QED) is 0.895. The van der Waals surface area contributed by atoms with Gasteiger partial charge in [-0.05, 0) is 40.5 Å². The van der Waals surface area contributed by atoms with Crippen LogP contribution in [0.2, 0.25) is 0 Å². The van der Waals surface area contributed by atoms with Crippen molar-refractivity contribution in [3.63, 3.8) is 0 Å². The molecule has 3 rings (SSSR count). The van der Waals surface area contributed by atoms with Crippen molar-refractivity contribution < 1.29 is 19.4 Å². The summed E-state index contributed by atoms with van der Waals surface area (Å²) in [5.41, 5.74) is 1.26. The molecule has 0 saturated carbocycles. The van der Waals surface area contributed by atoms with E-state index in [4.69, 9.17) is 14.6 Å². The average Bonchev–Trinajstić information content (AvgIpc) is 2.86. The van der Waals surface area contributed by atoms with E-state index in [1.807, 2.05) is 6.07 Å². The third-order valence-electron chi connectivity index (χ3n) is 3.77. The molecule has 0 amide bonds. The molecule has 2 fully saturated rings. The summed E-state index contributed by atoms with van der Waals surface area (Å²) in [6.07, 6.45) is 1.90. The van der Waals surface area contributed by atoms with Crippen LogP contribution in [-0.4, -0.2) is 43.2 Å². The van der Waals surface area contributed by atoms with E-state index in [0.29, 0.717) is 19.8 Å². The molecule has 0 radical (unpaired) electrons. The van der Waals surface area contributed by atoms with E-state index in [2.05, 4.69) is 20.8 Å². The number of nitrogens with zero attached hydrogens (tertiary/aromatic N) is 1. The summed E-state index contributed by atoms with van der Waals surface area (Å²) < 4.78 is 12.3. The van der Waals surface area contributed by atoms with Gasteiger partial charge in [-0.2, -0.15) is 0 Å². The summed E-state index contributed by atoms with van der Waals surface area (Å²) in [7, 11) is 0. The summed E-state index contributed by atoms with van der Waals surface area (Å²) in [6, 6.07) is 5.09. The van der Waals surface area contributed by atoms with Gasteiger partial charge in [0.15, 0.2) is 5.79 Å². The van der Waals surface area contributed by atoms with Crippen molar-refractivity contribution in [2.75, 3.05) is 31.2 Å². The molecule has 6 heteroatoms. The minimum Gasteiger partial charge on any atom is -0.478 e. The second-order valence-electron chi connectivity index (χ2n) is 5.10. The second-order valence-corrected chi connectivity index (χ2v) is 5.96. The second kappa shape index (κ2) is 5.35. The average molecular weight is 342 g/mol. The summed E-state index contributed by atoms with van der Waals surface area (Å²) in [5, 5.41) is 9.00. The normalized spacial score (nSPS) is 21.4. The van der Waals surface area contributed by atoms with Crippen molar-refractivity contribution in [2.45, 2.75) is 18.6 Å². The van der Waals surface area contributed by atoms with Crippen LogP contribution in [0.15, 0.2) is 22.7 Å². The molecule has 2 saturated heterocycles. The zero-order chi connectivity index (χ0) is 14.2. The Morgan fingerprint density at radius 3 is 2.75 bits per heavy atom. The van der Waals surface area contributed by atoms with Crippen LogP contribution < -0.4 is 4.90 Å². The van der Waals surface area contributed by atoms with Crippen molar-refractivity contribution in [1.82, 2.24) is 0 Å². The Labute approximate surface area is 125 Å². The van der Waals surface area contributed by atoms with Crippen molar-refractivity contribution in [2.24, 2.45) is 0 Å². The van der Waals surface area contributed by atoms with Crippen molar-refractivity contribution >= 4 is 27.6 Å². The number of aromatic carboxylic acids is 1. The van der Waals surface area contributed by atoms with Crippen molar-refractivity contribution in [1.29, 1.82) is 0 Å². The number of carboxylic acids is 1. The highest BCUT2D eigenvalue weighted by molar-refractivity contribution is 9.10. The van der Waals surface area contributed by atoms with Crippen LogP contribution in [0.3, 0.4) is 0 Å². The standard InChI is InChI=1S/C14H16BrNO4/c15-11-8-10(13(17)18)2-3-12(11)16-5-1-4-14(9-16)19-6-7-20-14/h2-3,8H,1,4-7,9H2,(H,17,18). The number of anilines is 1. The van der Waals surface area contributed by atoms with Crippen LogP contribution >= 0.6 is 15.9 Å². The minimum absolute atomic E-state index is 0.278. The molecule has 0 aliphatic carbocycles. The Kier molecular flexibility index (Phi) is 3.70. The van der Waals surface area contributed by atoms with Gasteiger partial charge in [0.05, 0.1) is 31.0 Å². The lowest BCUT2D eigenvalue weighted by molar-refractivity contribution is -0.161. The topological polar surface area (TPSA) is 59.0 Å². The number of halogens is 1. The van der Waals surface area contributed by atoms with Gasteiger partial charge < -0.3 is 19.5 Å². The zero-order valence-electron chi connectivity index (χ0n) is 11.0. The van der Waals surface area contributed by atoms with E-state index < -0.39 is 11.8 Å². The van der Waals surface area contributed by atoms with Gasteiger partial charge in [-0.15, -0.1) is 0 Å². The van der Waals surface area contributed by atoms with E-state index in [0.717, 1.165) is 29.5 Å². The third-order valence-corrected chi connectivity index (χ3v) is 4.40. The van der Waals surface area contributed by atoms with E-state index >= 15 is 0 Å². The highest BCUT2D eigenvalue weighted by Gasteiger charge is 2.41. The van der Waals surface area contributed by atoms with E-state index in [1.165, 1.54) is 0 Å². The first-order chi connectivity index (χ1) is 9.60. The fraction of sp³-hybridized carbons (Fsp3) is 0.500. The van der Waals surface area contributed by atoms with Crippen LogP contribution in [0.4, 0.5) is 5.69 Å². The molecule has 2 heterocycles. The van der Waals surface area contributed by atoms with Gasteiger partial charge >= 0.3 is 5.97 Å². The number of ether oxygens (including phenoxy) is 2. The van der Waals surface area contributed by atoms with Gasteiger partial charge in [0.25, 0.3) is 0 Å². The van der Waals surface area contributed by atoms with E-state index in [1.54, 1.807) is 12.1 Å². The Morgan fingerprint density at radius 1 is 1.35 bits per heavy atom. The third kappa shape index (κ3) is 2.55. The van der Waals surface area contributed by atoms with Gasteiger partial charge in [0, 0.05) is 17.4 Å². The fourth-order valence-electron chi connectivity index (χ4n) is 2.82. The number of hydrogen-bond donors (Lipinski definition) is 1. The molecule has 0 aromatic heterocycles. The van der Waals surface area contributed by atoms with Crippen LogP contribution in [0, 0.1) is 0 Å². The largest absolute Gasteiger partial charge is 0.478 e. The van der Waals surface area contributed by atoms with Crippen molar-refractivity contribution in [3.8, 4) is 0 Å². The summed E-state index contributed by atoms with van der Waals surface area (Å²) in [5.74, 6) is -1.40. The molecule has 2 aliphatic rings. The summed E-state index contributed by atoms with van der Waals surface area (Å²) in [4.78, 5) is 13.2. The zero-order valence-corrected chi connectivity index (χ0v) is 12.6. The molecule has 108 valence electrons. The minimum atomic E-state index is -0.921. The van der Waals surface area contributed by atoms with Crippen LogP contribution in [0.1, 0.15) is 23.2 Å². The summed E-state index contributed by atoms with van der Waals surface area (Å²) >= 11 is 3.46. The monoisotopic (exact) mass is 341 g/mol. The number of carbonyl (C=O) groups is 1. The Balaban J connectivity index is 1.83. The smallest absolute Gasteiger partial charge is 0.335 e. The van der Waals surface area contributed by atoms with Gasteiger partial charge in [-0.1, -0.05) is 0 Å². The molecule has 20 heavy (non-hydrogen) atoms. The molecule has 2 aliphatic heterocycles. The van der Waals surface area contributed by atoms with E-state index in [9.17, 15) is 4.79 Å². The Hall–Kier alpha value is -1.11. The highest BCUT2D eigenvalue weighted by Crippen LogP contribution is 2.35. The summed E-state index contributed by atoms with van der Waals surface area (Å²) in [6.45, 7) is 2.89. The number of rotatable bonds is 2. The molecule has 1 aromatic carbocycles. The maximum Gasteiger partial charge on any atom is 0.335 e. The predicted octanol–water partition coefficient (Wildman–Crippen LogP) is 2.49. The predicted molar refractivity (Wildman–Crippen MR) is 77.2 cm³/mol. The van der Waals surface area contributed by atoms with E-state index in [-0.39, 0.29) is 5.56 Å². The van der Waals surface area contributed by atoms with Crippen LogP contribution in [0.25, 0.3) is 0 Å². The van der Waals surface area contributed by atoms with Gasteiger partial charge in [-0.25, -0.2) is 4.79 Å². The van der Waals surface area contributed by atoms with Crippen molar-refractivity contribution in [3.05, 3.63) is 28.2 Å². The number of carboxylic acid groups (broad SMARTS) is 1. The van der Waals surface area contributed by atoms with Crippen LogP contribution in [0.5, 0.6) is 0 Å². The lowest BCUT2D eigenvalue weighted by atomic mass is 10.0. The molecule has 1 N–H and O–H groups in total. The Bertz CT molecular complexity index is 528.